The SMILES string of the molecule is Cc1cc(Br)cnc1NCc1csc(=O)[nH]1. The molecular weight excluding hydrogens is 290 g/mol. The van der Waals surface area contributed by atoms with Crippen molar-refractivity contribution in [2.45, 2.75) is 13.5 Å². The molecule has 16 heavy (non-hydrogen) atoms. The van der Waals surface area contributed by atoms with Crippen LogP contribution in [-0.2, 0) is 6.54 Å². The van der Waals surface area contributed by atoms with E-state index in [0.717, 1.165) is 21.5 Å². The minimum Gasteiger partial charge on any atom is -0.364 e. The van der Waals surface area contributed by atoms with Crippen LogP contribution < -0.4 is 10.2 Å². The summed E-state index contributed by atoms with van der Waals surface area (Å²) in [5.41, 5.74) is 1.94. The van der Waals surface area contributed by atoms with Crippen molar-refractivity contribution in [2.75, 3.05) is 5.32 Å². The summed E-state index contributed by atoms with van der Waals surface area (Å²) in [7, 11) is 0. The van der Waals surface area contributed by atoms with Gasteiger partial charge in [0.1, 0.15) is 5.82 Å². The lowest BCUT2D eigenvalue weighted by Crippen LogP contribution is -2.05. The van der Waals surface area contributed by atoms with E-state index in [1.165, 1.54) is 11.3 Å². The molecule has 6 heteroatoms. The van der Waals surface area contributed by atoms with Crippen molar-refractivity contribution >= 4 is 33.1 Å². The third kappa shape index (κ3) is 2.70. The zero-order chi connectivity index (χ0) is 11.5. The molecule has 4 nitrogen and oxygen atoms in total. The maximum absolute atomic E-state index is 10.9. The molecule has 2 N–H and O–H groups in total. The molecule has 0 aliphatic carbocycles. The van der Waals surface area contributed by atoms with Crippen LogP contribution in [0.25, 0.3) is 0 Å². The molecular formula is C10H10BrN3OS. The second kappa shape index (κ2) is 4.80. The van der Waals surface area contributed by atoms with Gasteiger partial charge in [-0.25, -0.2) is 4.98 Å². The molecule has 0 amide bonds. The molecule has 0 aromatic carbocycles. The highest BCUT2D eigenvalue weighted by Gasteiger charge is 2.01. The lowest BCUT2D eigenvalue weighted by molar-refractivity contribution is 1.03. The van der Waals surface area contributed by atoms with Gasteiger partial charge in [-0.15, -0.1) is 0 Å². The Morgan fingerprint density at radius 1 is 1.62 bits per heavy atom. The van der Waals surface area contributed by atoms with Crippen LogP contribution in [-0.4, -0.2) is 9.97 Å². The van der Waals surface area contributed by atoms with Gasteiger partial charge in [-0.05, 0) is 34.5 Å². The van der Waals surface area contributed by atoms with Crippen molar-refractivity contribution in [3.05, 3.63) is 43.0 Å². The van der Waals surface area contributed by atoms with E-state index in [0.29, 0.717) is 6.54 Å². The van der Waals surface area contributed by atoms with Crippen LogP contribution in [0, 0.1) is 6.92 Å². The number of nitrogens with one attached hydrogen (secondary N) is 2. The lowest BCUT2D eigenvalue weighted by Gasteiger charge is -2.07. The average Bonchev–Trinajstić information content (AvgIpc) is 2.63. The van der Waals surface area contributed by atoms with Crippen molar-refractivity contribution in [3.63, 3.8) is 0 Å². The standard InChI is InChI=1S/C10H10BrN3OS/c1-6-2-7(11)3-12-9(6)13-4-8-5-16-10(15)14-8/h2-3,5H,4H2,1H3,(H,12,13)(H,14,15). The maximum atomic E-state index is 10.9. The predicted octanol–water partition coefficient (Wildman–Crippen LogP) is 2.51. The topological polar surface area (TPSA) is 57.8 Å². The van der Waals surface area contributed by atoms with Gasteiger partial charge in [0.15, 0.2) is 0 Å². The summed E-state index contributed by atoms with van der Waals surface area (Å²) in [5, 5.41) is 4.98. The number of pyridine rings is 1. The lowest BCUT2D eigenvalue weighted by atomic mass is 10.3. The highest BCUT2D eigenvalue weighted by Crippen LogP contribution is 2.17. The molecule has 2 aromatic heterocycles. The van der Waals surface area contributed by atoms with E-state index in [4.69, 9.17) is 0 Å². The number of hydrogen-bond acceptors (Lipinski definition) is 4. The monoisotopic (exact) mass is 299 g/mol. The van der Waals surface area contributed by atoms with E-state index < -0.39 is 0 Å². The number of hydrogen-bond donors (Lipinski definition) is 2. The number of aryl methyl sites for hydroxylation is 1. The van der Waals surface area contributed by atoms with Crippen LogP contribution in [0.1, 0.15) is 11.3 Å². The summed E-state index contributed by atoms with van der Waals surface area (Å²) in [5.74, 6) is 0.829. The Balaban J connectivity index is 2.07. The Hall–Kier alpha value is -1.14. The number of rotatable bonds is 3. The van der Waals surface area contributed by atoms with Crippen LogP contribution in [0.15, 0.2) is 26.9 Å². The van der Waals surface area contributed by atoms with E-state index in [1.807, 2.05) is 18.4 Å². The third-order valence-electron chi connectivity index (χ3n) is 2.06. The summed E-state index contributed by atoms with van der Waals surface area (Å²) < 4.78 is 0.958. The number of aromatic amines is 1. The van der Waals surface area contributed by atoms with Crippen LogP contribution in [0.4, 0.5) is 5.82 Å². The summed E-state index contributed by atoms with van der Waals surface area (Å²) in [6.45, 7) is 2.56. The number of halogens is 1. The first kappa shape index (κ1) is 11.3. The third-order valence-corrected chi connectivity index (χ3v) is 3.21. The Kier molecular flexibility index (Phi) is 3.40. The van der Waals surface area contributed by atoms with Gasteiger partial charge in [0, 0.05) is 21.7 Å². The van der Waals surface area contributed by atoms with Gasteiger partial charge in [0.05, 0.1) is 6.54 Å². The number of anilines is 1. The molecule has 0 spiro atoms. The van der Waals surface area contributed by atoms with Crippen molar-refractivity contribution in [1.82, 2.24) is 9.97 Å². The molecule has 0 fully saturated rings. The van der Waals surface area contributed by atoms with Gasteiger partial charge >= 0.3 is 4.87 Å². The number of nitrogens with zero attached hydrogens (tertiary/aromatic N) is 1. The summed E-state index contributed by atoms with van der Waals surface area (Å²) in [6.07, 6.45) is 1.74. The van der Waals surface area contributed by atoms with Crippen LogP contribution in [0.3, 0.4) is 0 Å². The number of aromatic nitrogens is 2. The normalized spacial score (nSPS) is 10.4. The zero-order valence-corrected chi connectivity index (χ0v) is 11.0. The maximum Gasteiger partial charge on any atom is 0.304 e. The van der Waals surface area contributed by atoms with Gasteiger partial charge in [-0.2, -0.15) is 0 Å². The quantitative estimate of drug-likeness (QED) is 0.915. The van der Waals surface area contributed by atoms with Gasteiger partial charge < -0.3 is 10.3 Å². The van der Waals surface area contributed by atoms with Crippen LogP contribution in [0.5, 0.6) is 0 Å². The van der Waals surface area contributed by atoms with Gasteiger partial charge in [-0.1, -0.05) is 11.3 Å². The molecule has 2 aromatic rings. The molecule has 0 saturated heterocycles. The van der Waals surface area contributed by atoms with E-state index >= 15 is 0 Å². The minimum absolute atomic E-state index is 0.0303. The average molecular weight is 300 g/mol. The molecule has 0 unspecified atom stereocenters. The Labute approximate surface area is 105 Å². The minimum atomic E-state index is -0.0303. The van der Waals surface area contributed by atoms with E-state index in [2.05, 4.69) is 31.2 Å². The first-order valence-electron chi connectivity index (χ1n) is 4.68. The highest BCUT2D eigenvalue weighted by molar-refractivity contribution is 9.10. The first-order valence-corrected chi connectivity index (χ1v) is 6.35. The molecule has 0 radical (unpaired) electrons. The van der Waals surface area contributed by atoms with E-state index in [9.17, 15) is 4.79 Å². The Morgan fingerprint density at radius 2 is 2.44 bits per heavy atom. The van der Waals surface area contributed by atoms with Gasteiger partial charge in [0.25, 0.3) is 0 Å². The molecule has 0 aliphatic rings. The fraction of sp³-hybridized carbons (Fsp3) is 0.200. The zero-order valence-electron chi connectivity index (χ0n) is 8.58. The van der Waals surface area contributed by atoms with Crippen molar-refractivity contribution in [3.8, 4) is 0 Å². The smallest absolute Gasteiger partial charge is 0.304 e. The Bertz CT molecular complexity index is 549. The van der Waals surface area contributed by atoms with Crippen molar-refractivity contribution < 1.29 is 0 Å². The first-order chi connectivity index (χ1) is 7.65. The predicted molar refractivity (Wildman–Crippen MR) is 68.9 cm³/mol. The highest BCUT2D eigenvalue weighted by atomic mass is 79.9. The molecule has 2 heterocycles. The summed E-state index contributed by atoms with van der Waals surface area (Å²) >= 11 is 4.53. The second-order valence-corrected chi connectivity index (χ2v) is 5.10. The largest absolute Gasteiger partial charge is 0.364 e. The number of H-pyrrole nitrogens is 1. The van der Waals surface area contributed by atoms with E-state index in [1.54, 1.807) is 6.20 Å². The summed E-state index contributed by atoms with van der Waals surface area (Å²) in [4.78, 5) is 17.9. The molecule has 0 aliphatic heterocycles. The molecule has 0 atom stereocenters. The van der Waals surface area contributed by atoms with Crippen molar-refractivity contribution in [1.29, 1.82) is 0 Å². The molecule has 0 saturated carbocycles. The summed E-state index contributed by atoms with van der Waals surface area (Å²) in [6, 6.07) is 1.99. The fourth-order valence-corrected chi connectivity index (χ4v) is 2.33. The molecule has 2 rings (SSSR count). The van der Waals surface area contributed by atoms with Gasteiger partial charge in [-0.3, -0.25) is 4.79 Å². The fourth-order valence-electron chi connectivity index (χ4n) is 1.31. The van der Waals surface area contributed by atoms with Crippen LogP contribution in [0.2, 0.25) is 0 Å². The van der Waals surface area contributed by atoms with Gasteiger partial charge in [0.2, 0.25) is 0 Å². The van der Waals surface area contributed by atoms with Crippen LogP contribution >= 0.6 is 27.3 Å². The molecule has 0 bridgehead atoms. The molecule has 84 valence electrons. The number of thiazole rings is 1. The Morgan fingerprint density at radius 3 is 3.06 bits per heavy atom. The van der Waals surface area contributed by atoms with Crippen molar-refractivity contribution in [2.24, 2.45) is 0 Å². The second-order valence-electron chi connectivity index (χ2n) is 3.35. The van der Waals surface area contributed by atoms with E-state index in [-0.39, 0.29) is 4.87 Å².